The molecule has 12 heteroatoms. The van der Waals surface area contributed by atoms with Crippen molar-refractivity contribution in [1.29, 1.82) is 0 Å². The van der Waals surface area contributed by atoms with Crippen LogP contribution in [0.15, 0.2) is 30.9 Å². The molecule has 4 heterocycles. The minimum Gasteiger partial charge on any atom is -0.458 e. The maximum absolute atomic E-state index is 11.8. The number of nitrogens with zero attached hydrogens (tertiary/aromatic N) is 6. The van der Waals surface area contributed by atoms with E-state index < -0.39 is 0 Å². The van der Waals surface area contributed by atoms with E-state index in [4.69, 9.17) is 4.74 Å². The summed E-state index contributed by atoms with van der Waals surface area (Å²) in [6.07, 6.45) is 7.74. The Morgan fingerprint density at radius 1 is 1.25 bits per heavy atom. The third-order valence-corrected chi connectivity index (χ3v) is 5.60. The zero-order chi connectivity index (χ0) is 22.5. The third-order valence-electron chi connectivity index (χ3n) is 4.66. The number of carbonyl (C=O) groups excluding carboxylic acids is 2. The third kappa shape index (κ3) is 5.52. The first-order valence-corrected chi connectivity index (χ1v) is 10.8. The van der Waals surface area contributed by atoms with Crippen LogP contribution < -0.4 is 15.4 Å². The van der Waals surface area contributed by atoms with Crippen LogP contribution in [0.4, 0.5) is 11.1 Å². The zero-order valence-corrected chi connectivity index (χ0v) is 18.4. The topological polar surface area (TPSA) is 135 Å². The van der Waals surface area contributed by atoms with Crippen molar-refractivity contribution < 1.29 is 14.3 Å². The first kappa shape index (κ1) is 21.6. The van der Waals surface area contributed by atoms with Crippen LogP contribution in [0.2, 0.25) is 0 Å². The summed E-state index contributed by atoms with van der Waals surface area (Å²) in [4.78, 5) is 46.9. The van der Waals surface area contributed by atoms with Crippen molar-refractivity contribution in [1.82, 2.24) is 35.1 Å². The van der Waals surface area contributed by atoms with E-state index >= 15 is 0 Å². The van der Waals surface area contributed by atoms with Crippen LogP contribution in [-0.4, -0.2) is 68.4 Å². The lowest BCUT2D eigenvalue weighted by Crippen LogP contribution is -2.41. The first-order chi connectivity index (χ1) is 15.5. The summed E-state index contributed by atoms with van der Waals surface area (Å²) in [6, 6.07) is 2.04. The fraction of sp³-hybridized carbons (Fsp3) is 0.350. The van der Waals surface area contributed by atoms with Crippen LogP contribution in [0.5, 0.6) is 6.01 Å². The molecule has 0 aromatic carbocycles. The molecule has 3 aromatic rings. The molecule has 1 aliphatic heterocycles. The molecule has 3 aromatic heterocycles. The average Bonchev–Trinajstić information content (AvgIpc) is 3.25. The molecule has 2 amide bonds. The number of aromatic nitrogens is 5. The van der Waals surface area contributed by atoms with E-state index in [1.54, 1.807) is 44.9 Å². The molecule has 0 aliphatic carbocycles. The molecular weight excluding hydrogens is 432 g/mol. The zero-order valence-electron chi connectivity index (χ0n) is 17.6. The highest BCUT2D eigenvalue weighted by Gasteiger charge is 2.20. The molecule has 1 aliphatic rings. The molecule has 4 rings (SSSR count). The minimum absolute atomic E-state index is 0.0136. The lowest BCUT2D eigenvalue weighted by Gasteiger charge is -2.22. The molecule has 1 fully saturated rings. The standard InChI is InChI=1S/C20H22N8O3S/c1-28(2)17(30)7-12-8-23-18(24-9-12)27-20-25-11-15(32-20)14-5-6-21-19(26-14)31-13-3-4-16(29)22-10-13/h5-6,8-9,11,13H,3-4,7,10H2,1-2H3,(H,22,29)(H,23,24,25,27). The summed E-state index contributed by atoms with van der Waals surface area (Å²) in [7, 11) is 3.42. The summed E-state index contributed by atoms with van der Waals surface area (Å²) >= 11 is 1.39. The van der Waals surface area contributed by atoms with Crippen molar-refractivity contribution in [2.45, 2.75) is 25.4 Å². The molecule has 0 saturated carbocycles. The molecule has 0 spiro atoms. The van der Waals surface area contributed by atoms with E-state index in [1.165, 1.54) is 16.2 Å². The summed E-state index contributed by atoms with van der Waals surface area (Å²) in [5, 5.41) is 6.44. The van der Waals surface area contributed by atoms with Crippen molar-refractivity contribution in [2.75, 3.05) is 26.0 Å². The van der Waals surface area contributed by atoms with Gasteiger partial charge >= 0.3 is 6.01 Å². The van der Waals surface area contributed by atoms with Gasteiger partial charge in [0, 0.05) is 45.3 Å². The number of carbonyl (C=O) groups is 2. The first-order valence-electron chi connectivity index (χ1n) is 9.97. The highest BCUT2D eigenvalue weighted by molar-refractivity contribution is 7.18. The number of anilines is 2. The maximum Gasteiger partial charge on any atom is 0.317 e. The molecule has 166 valence electrons. The second kappa shape index (κ2) is 9.64. The van der Waals surface area contributed by atoms with E-state index in [-0.39, 0.29) is 30.3 Å². The Morgan fingerprint density at radius 2 is 2.06 bits per heavy atom. The Morgan fingerprint density at radius 3 is 2.78 bits per heavy atom. The number of hydrogen-bond acceptors (Lipinski definition) is 10. The molecule has 2 N–H and O–H groups in total. The lowest BCUT2D eigenvalue weighted by molar-refractivity contribution is -0.128. The normalized spacial score (nSPS) is 15.7. The fourth-order valence-electron chi connectivity index (χ4n) is 2.88. The van der Waals surface area contributed by atoms with Gasteiger partial charge in [-0.05, 0) is 18.1 Å². The number of amides is 2. The lowest BCUT2D eigenvalue weighted by atomic mass is 10.1. The molecule has 1 saturated heterocycles. The summed E-state index contributed by atoms with van der Waals surface area (Å²) in [6.45, 7) is 0.448. The quantitative estimate of drug-likeness (QED) is 0.543. The van der Waals surface area contributed by atoms with E-state index in [9.17, 15) is 9.59 Å². The number of ether oxygens (including phenoxy) is 1. The Bertz CT molecular complexity index is 1090. The number of likely N-dealkylation sites (N-methyl/N-ethyl adjacent to an activating group) is 1. The van der Waals surface area contributed by atoms with Gasteiger partial charge in [0.15, 0.2) is 5.13 Å². The van der Waals surface area contributed by atoms with Crippen molar-refractivity contribution >= 4 is 34.2 Å². The van der Waals surface area contributed by atoms with Crippen molar-refractivity contribution in [3.05, 3.63) is 36.4 Å². The fourth-order valence-corrected chi connectivity index (χ4v) is 3.66. The van der Waals surface area contributed by atoms with Gasteiger partial charge in [-0.25, -0.2) is 19.9 Å². The molecule has 0 bridgehead atoms. The minimum atomic E-state index is -0.144. The number of piperidine rings is 1. The van der Waals surface area contributed by atoms with Gasteiger partial charge in [0.2, 0.25) is 17.8 Å². The van der Waals surface area contributed by atoms with Gasteiger partial charge in [0.25, 0.3) is 0 Å². The highest BCUT2D eigenvalue weighted by atomic mass is 32.1. The van der Waals surface area contributed by atoms with Gasteiger partial charge in [-0.15, -0.1) is 0 Å². The van der Waals surface area contributed by atoms with Crippen molar-refractivity contribution in [2.24, 2.45) is 0 Å². The van der Waals surface area contributed by atoms with E-state index in [1.807, 2.05) is 0 Å². The van der Waals surface area contributed by atoms with Crippen LogP contribution in [0, 0.1) is 0 Å². The monoisotopic (exact) mass is 454 g/mol. The Balaban J connectivity index is 1.38. The summed E-state index contributed by atoms with van der Waals surface area (Å²) < 4.78 is 5.81. The molecule has 1 atom stereocenters. The molecule has 11 nitrogen and oxygen atoms in total. The Hall–Kier alpha value is -3.67. The number of rotatable bonds is 7. The van der Waals surface area contributed by atoms with E-state index in [0.717, 1.165) is 10.4 Å². The van der Waals surface area contributed by atoms with Gasteiger partial charge in [0.1, 0.15) is 6.10 Å². The number of nitrogens with one attached hydrogen (secondary N) is 2. The van der Waals surface area contributed by atoms with Gasteiger partial charge in [-0.1, -0.05) is 11.3 Å². The maximum atomic E-state index is 11.8. The number of thiazole rings is 1. The SMILES string of the molecule is CN(C)C(=O)Cc1cnc(Nc2ncc(-c3ccnc(OC4CCC(=O)NC4)n3)s2)nc1. The highest BCUT2D eigenvalue weighted by Crippen LogP contribution is 2.29. The second-order valence-electron chi connectivity index (χ2n) is 7.34. The summed E-state index contributed by atoms with van der Waals surface area (Å²) in [5.74, 6) is 0.406. The van der Waals surface area contributed by atoms with Gasteiger partial charge in [0.05, 0.1) is 23.5 Å². The van der Waals surface area contributed by atoms with Crippen molar-refractivity contribution in [3.63, 3.8) is 0 Å². The van der Waals surface area contributed by atoms with Crippen LogP contribution in [0.25, 0.3) is 10.6 Å². The largest absolute Gasteiger partial charge is 0.458 e. The molecule has 32 heavy (non-hydrogen) atoms. The molecule has 1 unspecified atom stereocenters. The van der Waals surface area contributed by atoms with E-state index in [2.05, 4.69) is 35.6 Å². The van der Waals surface area contributed by atoms with Crippen LogP contribution in [-0.2, 0) is 16.0 Å². The van der Waals surface area contributed by atoms with Crippen LogP contribution in [0.3, 0.4) is 0 Å². The predicted molar refractivity (Wildman–Crippen MR) is 118 cm³/mol. The van der Waals surface area contributed by atoms with Crippen LogP contribution >= 0.6 is 11.3 Å². The second-order valence-corrected chi connectivity index (χ2v) is 8.37. The van der Waals surface area contributed by atoms with Gasteiger partial charge < -0.3 is 20.3 Å². The summed E-state index contributed by atoms with van der Waals surface area (Å²) in [5.41, 5.74) is 1.42. The smallest absolute Gasteiger partial charge is 0.317 e. The Labute approximate surface area is 188 Å². The molecular formula is C20H22N8O3S. The average molecular weight is 455 g/mol. The van der Waals surface area contributed by atoms with Gasteiger partial charge in [-0.2, -0.15) is 4.98 Å². The Kier molecular flexibility index (Phi) is 6.50. The van der Waals surface area contributed by atoms with Crippen molar-refractivity contribution in [3.8, 4) is 16.6 Å². The molecule has 0 radical (unpaired) electrons. The van der Waals surface area contributed by atoms with Gasteiger partial charge in [-0.3, -0.25) is 9.59 Å². The predicted octanol–water partition coefficient (Wildman–Crippen LogP) is 1.42. The number of hydrogen-bond donors (Lipinski definition) is 2. The van der Waals surface area contributed by atoms with Crippen LogP contribution in [0.1, 0.15) is 18.4 Å². The van der Waals surface area contributed by atoms with E-state index in [0.29, 0.717) is 36.2 Å².